The van der Waals surface area contributed by atoms with E-state index in [1.54, 1.807) is 27.7 Å². The van der Waals surface area contributed by atoms with Crippen molar-refractivity contribution >= 4 is 119 Å². The molecule has 0 aliphatic rings. The Kier molecular flexibility index (Phi) is 31.0. The van der Waals surface area contributed by atoms with Gasteiger partial charge in [-0.25, -0.2) is 0 Å². The Labute approximate surface area is 726 Å². The molecule has 0 aromatic heterocycles. The van der Waals surface area contributed by atoms with E-state index >= 15 is 0 Å². The molecule has 12 aromatic carbocycles. The lowest BCUT2D eigenvalue weighted by Gasteiger charge is -2.30. The molecule has 620 valence electrons. The number of hydrogen-bond acceptors (Lipinski definition) is 9. The van der Waals surface area contributed by atoms with E-state index in [-0.39, 0.29) is 23.1 Å². The van der Waals surface area contributed by atoms with Gasteiger partial charge < -0.3 is 18.9 Å². The summed E-state index contributed by atoms with van der Waals surface area (Å²) < 4.78 is 25.3. The molecule has 4 atom stereocenters. The second kappa shape index (κ2) is 39.4. The number of nitrogens with zero attached hydrogens (tertiary/aromatic N) is 1. The van der Waals surface area contributed by atoms with Gasteiger partial charge in [0.2, 0.25) is 0 Å². The highest BCUT2D eigenvalue weighted by Crippen LogP contribution is 2.49. The maximum Gasteiger partial charge on any atom is 0.163 e. The third-order valence-corrected chi connectivity index (χ3v) is 21.7. The molecule has 4 unspecified atom stereocenters. The Morgan fingerprint density at radius 1 is 0.361 bits per heavy atom. The number of ether oxygens (including phenoxy) is 4. The van der Waals surface area contributed by atoms with E-state index in [2.05, 4.69) is 101 Å². The molecule has 0 heterocycles. The van der Waals surface area contributed by atoms with Crippen molar-refractivity contribution in [2.24, 2.45) is 0 Å². The number of ketones is 4. The van der Waals surface area contributed by atoms with Crippen LogP contribution < -0.4 is 0 Å². The highest BCUT2D eigenvalue weighted by Gasteiger charge is 2.36. The van der Waals surface area contributed by atoms with Gasteiger partial charge in [-0.1, -0.05) is 223 Å². The van der Waals surface area contributed by atoms with Gasteiger partial charge in [0.05, 0.1) is 28.9 Å². The molecule has 0 aliphatic heterocycles. The summed E-state index contributed by atoms with van der Waals surface area (Å²) in [5.74, 6) is 6.62. The average Bonchev–Trinajstić information content (AvgIpc) is 0.779. The molecule has 0 amide bonds. The molecule has 0 N–H and O–H groups in total. The lowest BCUT2D eigenvalue weighted by molar-refractivity contribution is -0.139. The van der Waals surface area contributed by atoms with E-state index in [4.69, 9.17) is 65.4 Å². The summed E-state index contributed by atoms with van der Waals surface area (Å²) in [6, 6.07) is 64.3. The monoisotopic (exact) mass is 1670 g/mol. The first-order valence-electron chi connectivity index (χ1n) is 40.6. The molecule has 0 radical (unpaired) electrons. The fourth-order valence-electron chi connectivity index (χ4n) is 15.6. The Hall–Kier alpha value is -9.38. The van der Waals surface area contributed by atoms with Crippen molar-refractivity contribution < 1.29 is 38.1 Å². The molecule has 0 spiro atoms. The Morgan fingerprint density at radius 2 is 0.622 bits per heavy atom. The van der Waals surface area contributed by atoms with E-state index in [0.717, 1.165) is 139 Å². The number of hydrogen-bond donors (Lipinski definition) is 0. The Morgan fingerprint density at radius 3 is 0.924 bits per heavy atom. The van der Waals surface area contributed by atoms with Crippen molar-refractivity contribution in [1.29, 1.82) is 0 Å². The van der Waals surface area contributed by atoms with Crippen molar-refractivity contribution in [2.45, 2.75) is 206 Å². The van der Waals surface area contributed by atoms with Crippen molar-refractivity contribution in [2.75, 3.05) is 20.6 Å². The normalized spacial score (nSPS) is 12.8. The van der Waals surface area contributed by atoms with Crippen LogP contribution in [-0.4, -0.2) is 71.1 Å². The fourth-order valence-corrected chi connectivity index (χ4v) is 16.1. The van der Waals surface area contributed by atoms with Gasteiger partial charge >= 0.3 is 0 Å². The molecule has 0 aliphatic carbocycles. The predicted molar refractivity (Wildman–Crippen MR) is 503 cm³/mol. The second-order valence-electron chi connectivity index (χ2n) is 34.7. The number of aryl methyl sites for hydroxylation is 2. The zero-order chi connectivity index (χ0) is 87.7. The molecule has 119 heavy (non-hydrogen) atoms. The predicted octanol–water partition coefficient (Wildman–Crippen LogP) is 29.1. The highest BCUT2D eigenvalue weighted by atomic mass is 35.5. The summed E-state index contributed by atoms with van der Waals surface area (Å²) in [7, 11) is 4.00. The van der Waals surface area contributed by atoms with Crippen LogP contribution in [0.15, 0.2) is 201 Å². The molecular weight excluding hydrogens is 1560 g/mol. The van der Waals surface area contributed by atoms with E-state index in [1.807, 2.05) is 262 Å². The summed E-state index contributed by atoms with van der Waals surface area (Å²) in [5.41, 5.74) is 18.5. The third-order valence-electron chi connectivity index (χ3n) is 20.7. The second-order valence-corrected chi connectivity index (χ2v) is 36.5. The zero-order valence-corrected chi connectivity index (χ0v) is 76.7. The minimum atomic E-state index is -0.713. The summed E-state index contributed by atoms with van der Waals surface area (Å²) in [5, 5.41) is 11.7. The van der Waals surface area contributed by atoms with Gasteiger partial charge in [-0.2, -0.15) is 0 Å². The lowest BCUT2D eigenvalue weighted by Crippen LogP contribution is -2.27. The molecule has 9 nitrogen and oxygen atoms in total. The van der Waals surface area contributed by atoms with Crippen LogP contribution in [0.3, 0.4) is 0 Å². The van der Waals surface area contributed by atoms with Gasteiger partial charge in [-0.3, -0.25) is 24.1 Å². The number of rotatable bonds is 19. The largest absolute Gasteiger partial charge is 0.360 e. The Balaban J connectivity index is 0.000000181. The van der Waals surface area contributed by atoms with Gasteiger partial charge in [0.15, 0.2) is 23.1 Å². The van der Waals surface area contributed by atoms with Crippen LogP contribution >= 0.6 is 46.4 Å². The van der Waals surface area contributed by atoms with Crippen LogP contribution in [0.2, 0.25) is 20.1 Å². The van der Waals surface area contributed by atoms with E-state index in [9.17, 15) is 19.2 Å². The van der Waals surface area contributed by atoms with Crippen molar-refractivity contribution in [3.63, 3.8) is 0 Å². The number of carbonyl (C=O) groups is 4. The van der Waals surface area contributed by atoms with E-state index in [0.29, 0.717) is 26.6 Å². The van der Waals surface area contributed by atoms with Crippen LogP contribution in [0.1, 0.15) is 209 Å². The minimum Gasteiger partial charge on any atom is -0.360 e. The summed E-state index contributed by atoms with van der Waals surface area (Å²) in [6.45, 7) is 47.4. The van der Waals surface area contributed by atoms with Gasteiger partial charge in [0.1, 0.15) is 24.4 Å². The van der Waals surface area contributed by atoms with E-state index < -0.39 is 46.8 Å². The van der Waals surface area contributed by atoms with Crippen LogP contribution in [-0.2, 0) is 44.5 Å². The summed E-state index contributed by atoms with van der Waals surface area (Å²) in [6.07, 6.45) is 0.102. The SMILES string of the molecule is C=Cc1c(C)c(C(OC(C)(C)C)C(C)=O)c(-c2ccc(Cl)cc2)c2ccccc12.CC(=O)C(OC(C)(C)C)c1c(C)c(C#CCN(C)C)c2ccccc2c1-c1ccc(Cl)cc1.CC(=O)C(OC(C)(C)C)c1c(C)c(C)c2ccccc2c1-c1ccc(Cl)cc1.CCc1c(C)c(C(OC(C)(C)C)C(C)=O)c(-c2ccc(Cl)cc2)c2ccccc12. The van der Waals surface area contributed by atoms with Crippen LogP contribution in [0.4, 0.5) is 0 Å². The summed E-state index contributed by atoms with van der Waals surface area (Å²) >= 11 is 24.6. The Bertz CT molecular complexity index is 5800. The highest BCUT2D eigenvalue weighted by molar-refractivity contribution is 6.32. The number of halogens is 4. The fraction of sp³-hybridized carbons (Fsp3) is 0.321. The van der Waals surface area contributed by atoms with Crippen molar-refractivity contribution in [3.05, 3.63) is 288 Å². The molecule has 12 rings (SSSR count). The van der Waals surface area contributed by atoms with Crippen molar-refractivity contribution in [1.82, 2.24) is 4.90 Å². The standard InChI is InChI=1S/C29H32ClNO2.C26H29ClO2.C26H27ClO2.C25H27ClO2/c1-19-23(13-10-18-31(6)7)24-11-8-9-12-25(24)27(21-14-16-22(30)17-15-21)26(19)28(20(2)32)33-29(3,4)5;2*1-7-20-16(2)23(25(17(3)28)29-26(4,5)6)24(18-12-14-19(27)15-13-18)22-11-9-8-10-21(20)22;1-15-16(2)22(24(17(3)27)28-25(4,5)6)23(18-11-13-19(26)14-12-18)21-10-8-7-9-20(15)21/h8-9,11-12,14-17,28H,18H2,1-7H3;8-15,25H,7H2,1-6H3;7-15,25H,1H2,2-6H3;7-14,24H,1-6H3. The summed E-state index contributed by atoms with van der Waals surface area (Å²) in [4.78, 5) is 53.3. The maximum atomic E-state index is 13.0. The number of fused-ring (bicyclic) bond motifs is 4. The molecule has 0 fully saturated rings. The van der Waals surface area contributed by atoms with Crippen molar-refractivity contribution in [3.8, 4) is 56.3 Å². The minimum absolute atomic E-state index is 0.00270. The average molecular weight is 1670 g/mol. The number of carbonyl (C=O) groups excluding carboxylic acids is 4. The third kappa shape index (κ3) is 22.8. The topological polar surface area (TPSA) is 108 Å². The molecule has 13 heteroatoms. The molecule has 12 aromatic rings. The molecule has 0 bridgehead atoms. The smallest absolute Gasteiger partial charge is 0.163 e. The van der Waals surface area contributed by atoms with Crippen LogP contribution in [0.5, 0.6) is 0 Å². The quantitative estimate of drug-likeness (QED) is 0.0731. The van der Waals surface area contributed by atoms with Gasteiger partial charge in [-0.05, 0) is 352 Å². The van der Waals surface area contributed by atoms with Gasteiger partial charge in [0, 0.05) is 36.8 Å². The molecule has 0 saturated carbocycles. The molecule has 0 saturated heterocycles. The maximum absolute atomic E-state index is 13.0. The lowest BCUT2D eigenvalue weighted by atomic mass is 9.82. The van der Waals surface area contributed by atoms with E-state index in [1.165, 1.54) is 21.9 Å². The molecular formula is C106H115Cl4NO8. The first-order chi connectivity index (χ1) is 55.9. The van der Waals surface area contributed by atoms with Gasteiger partial charge in [-0.15, -0.1) is 0 Å². The first-order valence-corrected chi connectivity index (χ1v) is 42.1. The zero-order valence-electron chi connectivity index (χ0n) is 73.7. The van der Waals surface area contributed by atoms with Crippen LogP contribution in [0.25, 0.3) is 93.7 Å². The first kappa shape index (κ1) is 93.5. The number of benzene rings is 12. The number of Topliss-reactive ketones (excluding diaryl/α,β-unsaturated/α-hetero) is 4. The van der Waals surface area contributed by atoms with Gasteiger partial charge in [0.25, 0.3) is 0 Å². The van der Waals surface area contributed by atoms with Crippen LogP contribution in [0, 0.1) is 46.5 Å².